The minimum atomic E-state index is 0. The van der Waals surface area contributed by atoms with E-state index in [1.54, 1.807) is 7.11 Å². The van der Waals surface area contributed by atoms with E-state index in [2.05, 4.69) is 22.5 Å². The van der Waals surface area contributed by atoms with Gasteiger partial charge in [-0.2, -0.15) is 0 Å². The molecule has 1 aliphatic rings. The normalized spacial score (nSPS) is 16.0. The van der Waals surface area contributed by atoms with Crippen molar-refractivity contribution in [3.8, 4) is 0 Å². The van der Waals surface area contributed by atoms with Gasteiger partial charge in [-0.3, -0.25) is 4.99 Å². The Hall–Kier alpha value is -0.0400. The molecule has 0 aromatic carbocycles. The summed E-state index contributed by atoms with van der Waals surface area (Å²) in [5.41, 5.74) is 0. The van der Waals surface area contributed by atoms with Crippen LogP contribution in [0, 0.1) is 5.92 Å². The van der Waals surface area contributed by atoms with Crippen molar-refractivity contribution < 1.29 is 4.74 Å². The number of nitrogens with zero attached hydrogens (tertiary/aromatic N) is 1. The highest BCUT2D eigenvalue weighted by Crippen LogP contribution is 2.28. The Morgan fingerprint density at radius 3 is 2.60 bits per heavy atom. The van der Waals surface area contributed by atoms with Gasteiger partial charge in [-0.05, 0) is 32.1 Å². The molecule has 20 heavy (non-hydrogen) atoms. The molecule has 1 rings (SSSR count). The fourth-order valence-corrected chi connectivity index (χ4v) is 2.64. The Labute approximate surface area is 141 Å². The van der Waals surface area contributed by atoms with E-state index in [1.807, 2.05) is 0 Å². The molecule has 1 aliphatic carbocycles. The molecule has 0 aromatic rings. The van der Waals surface area contributed by atoms with Gasteiger partial charge in [0, 0.05) is 33.4 Å². The quantitative estimate of drug-likeness (QED) is 0.272. The second-order valence-corrected chi connectivity index (χ2v) is 5.33. The van der Waals surface area contributed by atoms with Gasteiger partial charge in [-0.25, -0.2) is 0 Å². The van der Waals surface area contributed by atoms with Crippen LogP contribution in [-0.2, 0) is 4.74 Å². The zero-order valence-corrected chi connectivity index (χ0v) is 15.4. The molecule has 0 spiro atoms. The average Bonchev–Trinajstić information content (AvgIpc) is 2.92. The maximum absolute atomic E-state index is 5.03. The first-order chi connectivity index (χ1) is 9.36. The van der Waals surface area contributed by atoms with Crippen LogP contribution in [0.4, 0.5) is 0 Å². The highest BCUT2D eigenvalue weighted by atomic mass is 127. The van der Waals surface area contributed by atoms with Crippen molar-refractivity contribution in [3.63, 3.8) is 0 Å². The van der Waals surface area contributed by atoms with Gasteiger partial charge in [-0.1, -0.05) is 25.7 Å². The molecule has 4 nitrogen and oxygen atoms in total. The van der Waals surface area contributed by atoms with Crippen molar-refractivity contribution in [2.45, 2.75) is 51.9 Å². The highest BCUT2D eigenvalue weighted by molar-refractivity contribution is 14.0. The molecule has 120 valence electrons. The van der Waals surface area contributed by atoms with Crippen LogP contribution in [0.3, 0.4) is 0 Å². The molecular formula is C15H32IN3O. The fraction of sp³-hybridized carbons (Fsp3) is 0.933. The molecule has 1 fully saturated rings. The maximum atomic E-state index is 5.03. The Kier molecular flexibility index (Phi) is 13.9. The van der Waals surface area contributed by atoms with Crippen molar-refractivity contribution >= 4 is 29.9 Å². The summed E-state index contributed by atoms with van der Waals surface area (Å²) in [5, 5.41) is 6.71. The highest BCUT2D eigenvalue weighted by Gasteiger charge is 2.13. The van der Waals surface area contributed by atoms with Gasteiger partial charge in [0.05, 0.1) is 0 Å². The van der Waals surface area contributed by atoms with Crippen molar-refractivity contribution in [1.29, 1.82) is 0 Å². The lowest BCUT2D eigenvalue weighted by molar-refractivity contribution is 0.197. The molecule has 0 bridgehead atoms. The van der Waals surface area contributed by atoms with E-state index in [0.717, 1.165) is 44.5 Å². The smallest absolute Gasteiger partial charge is 0.191 e. The van der Waals surface area contributed by atoms with Crippen LogP contribution in [0.15, 0.2) is 4.99 Å². The summed E-state index contributed by atoms with van der Waals surface area (Å²) < 4.78 is 5.03. The van der Waals surface area contributed by atoms with Gasteiger partial charge in [0.25, 0.3) is 0 Å². The summed E-state index contributed by atoms with van der Waals surface area (Å²) in [6.07, 6.45) is 9.40. The molecule has 0 radical (unpaired) electrons. The third-order valence-corrected chi connectivity index (χ3v) is 3.68. The van der Waals surface area contributed by atoms with Gasteiger partial charge < -0.3 is 15.4 Å². The zero-order chi connectivity index (χ0) is 13.8. The second-order valence-electron chi connectivity index (χ2n) is 5.33. The fourth-order valence-electron chi connectivity index (χ4n) is 2.64. The Balaban J connectivity index is 0.00000361. The number of hydrogen-bond donors (Lipinski definition) is 2. The molecule has 5 heteroatoms. The van der Waals surface area contributed by atoms with E-state index < -0.39 is 0 Å². The van der Waals surface area contributed by atoms with Crippen LogP contribution in [0.25, 0.3) is 0 Å². The molecule has 0 saturated heterocycles. The second kappa shape index (κ2) is 13.9. The van der Waals surface area contributed by atoms with E-state index in [4.69, 9.17) is 4.74 Å². The van der Waals surface area contributed by atoms with Crippen molar-refractivity contribution in [2.24, 2.45) is 10.9 Å². The van der Waals surface area contributed by atoms with Gasteiger partial charge >= 0.3 is 0 Å². The van der Waals surface area contributed by atoms with Crippen LogP contribution in [0.5, 0.6) is 0 Å². The van der Waals surface area contributed by atoms with Crippen LogP contribution >= 0.6 is 24.0 Å². The lowest BCUT2D eigenvalue weighted by atomic mass is 10.0. The van der Waals surface area contributed by atoms with E-state index in [-0.39, 0.29) is 24.0 Å². The van der Waals surface area contributed by atoms with Crippen LogP contribution in [0.2, 0.25) is 0 Å². The molecule has 0 atom stereocenters. The first kappa shape index (κ1) is 20.0. The topological polar surface area (TPSA) is 45.7 Å². The SMILES string of the molecule is CCNC(=NCCCOC)NCCCC1CCCC1.I. The van der Waals surface area contributed by atoms with Crippen molar-refractivity contribution in [1.82, 2.24) is 10.6 Å². The summed E-state index contributed by atoms with van der Waals surface area (Å²) in [6.45, 7) is 5.66. The molecule has 0 aliphatic heterocycles. The number of methoxy groups -OCH3 is 1. The molecule has 0 aromatic heterocycles. The third kappa shape index (κ3) is 9.80. The minimum absolute atomic E-state index is 0. The molecular weight excluding hydrogens is 365 g/mol. The van der Waals surface area contributed by atoms with Crippen molar-refractivity contribution in [3.05, 3.63) is 0 Å². The number of halogens is 1. The van der Waals surface area contributed by atoms with Gasteiger partial charge in [0.1, 0.15) is 0 Å². The average molecular weight is 397 g/mol. The summed E-state index contributed by atoms with van der Waals surface area (Å²) in [6, 6.07) is 0. The van der Waals surface area contributed by atoms with E-state index in [1.165, 1.54) is 38.5 Å². The number of hydrogen-bond acceptors (Lipinski definition) is 2. The van der Waals surface area contributed by atoms with E-state index in [0.29, 0.717) is 0 Å². The largest absolute Gasteiger partial charge is 0.385 e. The number of guanidine groups is 1. The van der Waals surface area contributed by atoms with Crippen LogP contribution in [-0.4, -0.2) is 39.3 Å². The predicted octanol–water partition coefficient (Wildman–Crippen LogP) is 3.17. The van der Waals surface area contributed by atoms with Gasteiger partial charge in [0.15, 0.2) is 5.96 Å². The van der Waals surface area contributed by atoms with Crippen molar-refractivity contribution in [2.75, 3.05) is 33.4 Å². The molecule has 1 saturated carbocycles. The lowest BCUT2D eigenvalue weighted by Gasteiger charge is -2.13. The molecule has 0 amide bonds. The molecule has 0 unspecified atom stereocenters. The summed E-state index contributed by atoms with van der Waals surface area (Å²) in [4.78, 5) is 4.53. The summed E-state index contributed by atoms with van der Waals surface area (Å²) in [7, 11) is 1.73. The molecule has 0 heterocycles. The minimum Gasteiger partial charge on any atom is -0.385 e. The van der Waals surface area contributed by atoms with E-state index in [9.17, 15) is 0 Å². The van der Waals surface area contributed by atoms with Gasteiger partial charge in [0.2, 0.25) is 0 Å². The van der Waals surface area contributed by atoms with Crippen LogP contribution < -0.4 is 10.6 Å². The zero-order valence-electron chi connectivity index (χ0n) is 13.1. The monoisotopic (exact) mass is 397 g/mol. The lowest BCUT2D eigenvalue weighted by Crippen LogP contribution is -2.38. The number of nitrogens with one attached hydrogen (secondary N) is 2. The Morgan fingerprint density at radius 2 is 1.95 bits per heavy atom. The summed E-state index contributed by atoms with van der Waals surface area (Å²) >= 11 is 0. The third-order valence-electron chi connectivity index (χ3n) is 3.68. The number of rotatable bonds is 9. The summed E-state index contributed by atoms with van der Waals surface area (Å²) in [5.74, 6) is 1.94. The van der Waals surface area contributed by atoms with E-state index >= 15 is 0 Å². The van der Waals surface area contributed by atoms with Crippen LogP contribution in [0.1, 0.15) is 51.9 Å². The number of aliphatic imine (C=N–C) groups is 1. The molecule has 2 N–H and O–H groups in total. The number of ether oxygens (including phenoxy) is 1. The Bertz CT molecular complexity index is 243. The first-order valence-corrected chi connectivity index (χ1v) is 7.88. The maximum Gasteiger partial charge on any atom is 0.191 e. The standard InChI is InChI=1S/C15H31N3O.HI/c1-3-16-15(18-12-7-13-19-2)17-11-6-10-14-8-4-5-9-14;/h14H,3-13H2,1-2H3,(H2,16,17,18);1H. The first-order valence-electron chi connectivity index (χ1n) is 7.88. The predicted molar refractivity (Wildman–Crippen MR) is 97.1 cm³/mol. The Morgan fingerprint density at radius 1 is 1.20 bits per heavy atom. The van der Waals surface area contributed by atoms with Gasteiger partial charge in [-0.15, -0.1) is 24.0 Å².